The van der Waals surface area contributed by atoms with Crippen molar-refractivity contribution in [3.63, 3.8) is 0 Å². The Morgan fingerprint density at radius 1 is 1.30 bits per heavy atom. The fourth-order valence-electron chi connectivity index (χ4n) is 1.42. The van der Waals surface area contributed by atoms with Crippen molar-refractivity contribution in [3.8, 4) is 0 Å². The molecule has 1 aromatic carbocycles. The highest BCUT2D eigenvalue weighted by Crippen LogP contribution is 2.28. The molecule has 0 unspecified atom stereocenters. The van der Waals surface area contributed by atoms with Crippen molar-refractivity contribution in [2.45, 2.75) is 6.42 Å². The van der Waals surface area contributed by atoms with Crippen molar-refractivity contribution in [1.29, 1.82) is 0 Å². The summed E-state index contributed by atoms with van der Waals surface area (Å²) in [6.07, 6.45) is 1.52. The molecule has 0 fully saturated rings. The van der Waals surface area contributed by atoms with E-state index in [0.29, 0.717) is 18.7 Å². The van der Waals surface area contributed by atoms with Gasteiger partial charge in [-0.05, 0) is 18.6 Å². The topological polar surface area (TPSA) is 101 Å². The van der Waals surface area contributed by atoms with E-state index in [1.165, 1.54) is 12.1 Å². The third-order valence-corrected chi connectivity index (χ3v) is 3.83. The SMILES string of the molecule is CS(=O)(=O)NCCCNC(=O)c1cc(N)cc(Cl)c1Cl. The fourth-order valence-corrected chi connectivity index (χ4v) is 2.36. The van der Waals surface area contributed by atoms with Crippen LogP contribution in [0.5, 0.6) is 0 Å². The number of nitrogen functional groups attached to an aromatic ring is 1. The van der Waals surface area contributed by atoms with Crippen LogP contribution in [0.1, 0.15) is 16.8 Å². The van der Waals surface area contributed by atoms with Crippen LogP contribution in [0.2, 0.25) is 10.0 Å². The molecule has 0 aromatic heterocycles. The number of rotatable bonds is 6. The average molecular weight is 340 g/mol. The van der Waals surface area contributed by atoms with E-state index in [2.05, 4.69) is 10.0 Å². The van der Waals surface area contributed by atoms with E-state index in [0.717, 1.165) is 6.26 Å². The number of amides is 1. The van der Waals surface area contributed by atoms with Crippen LogP contribution in [0.25, 0.3) is 0 Å². The first-order valence-electron chi connectivity index (χ1n) is 5.68. The van der Waals surface area contributed by atoms with Crippen molar-refractivity contribution < 1.29 is 13.2 Å². The summed E-state index contributed by atoms with van der Waals surface area (Å²) in [4.78, 5) is 11.9. The van der Waals surface area contributed by atoms with Crippen molar-refractivity contribution in [2.75, 3.05) is 25.1 Å². The monoisotopic (exact) mass is 339 g/mol. The van der Waals surface area contributed by atoms with Crippen LogP contribution >= 0.6 is 23.2 Å². The summed E-state index contributed by atoms with van der Waals surface area (Å²) in [5.41, 5.74) is 6.11. The third-order valence-electron chi connectivity index (χ3n) is 2.30. The highest BCUT2D eigenvalue weighted by atomic mass is 35.5. The highest BCUT2D eigenvalue weighted by Gasteiger charge is 2.13. The summed E-state index contributed by atoms with van der Waals surface area (Å²) in [7, 11) is -3.21. The summed E-state index contributed by atoms with van der Waals surface area (Å²) in [6.45, 7) is 0.536. The van der Waals surface area contributed by atoms with E-state index >= 15 is 0 Å². The lowest BCUT2D eigenvalue weighted by atomic mass is 10.2. The summed E-state index contributed by atoms with van der Waals surface area (Å²) >= 11 is 11.7. The minimum Gasteiger partial charge on any atom is -0.399 e. The van der Waals surface area contributed by atoms with Gasteiger partial charge in [0.1, 0.15) is 0 Å². The van der Waals surface area contributed by atoms with Gasteiger partial charge in [0, 0.05) is 18.8 Å². The molecule has 0 bridgehead atoms. The van der Waals surface area contributed by atoms with Crippen LogP contribution in [0, 0.1) is 0 Å². The number of halogens is 2. The molecule has 1 aromatic rings. The highest BCUT2D eigenvalue weighted by molar-refractivity contribution is 7.88. The van der Waals surface area contributed by atoms with Crippen LogP contribution < -0.4 is 15.8 Å². The Hall–Kier alpha value is -1.02. The van der Waals surface area contributed by atoms with Crippen molar-refractivity contribution in [3.05, 3.63) is 27.7 Å². The molecular formula is C11H15Cl2N3O3S. The van der Waals surface area contributed by atoms with Gasteiger partial charge in [0.15, 0.2) is 0 Å². The minimum absolute atomic E-state index is 0.132. The zero-order chi connectivity index (χ0) is 15.3. The normalized spacial score (nSPS) is 11.3. The van der Waals surface area contributed by atoms with Crippen LogP contribution in [0.4, 0.5) is 5.69 Å². The third kappa shape index (κ3) is 5.54. The number of carbonyl (C=O) groups excluding carboxylic acids is 1. The predicted octanol–water partition coefficient (Wildman–Crippen LogP) is 1.24. The Morgan fingerprint density at radius 3 is 2.55 bits per heavy atom. The maximum absolute atomic E-state index is 11.9. The Bertz CT molecular complexity index is 605. The molecule has 4 N–H and O–H groups in total. The molecule has 0 heterocycles. The molecule has 0 aliphatic heterocycles. The Kier molecular flexibility index (Phi) is 6.07. The Labute approximate surface area is 127 Å². The van der Waals surface area contributed by atoms with Gasteiger partial charge in [-0.15, -0.1) is 0 Å². The summed E-state index contributed by atoms with van der Waals surface area (Å²) in [6, 6.07) is 2.88. The lowest BCUT2D eigenvalue weighted by molar-refractivity contribution is 0.0953. The number of hydrogen-bond donors (Lipinski definition) is 3. The summed E-state index contributed by atoms with van der Waals surface area (Å²) in [5, 5.41) is 2.94. The molecule has 0 atom stereocenters. The van der Waals surface area contributed by atoms with Gasteiger partial charge in [0.2, 0.25) is 10.0 Å². The quantitative estimate of drug-likeness (QED) is 0.536. The van der Waals surface area contributed by atoms with Gasteiger partial charge in [-0.1, -0.05) is 23.2 Å². The van der Waals surface area contributed by atoms with Crippen LogP contribution in [0.3, 0.4) is 0 Å². The molecule has 0 radical (unpaired) electrons. The van der Waals surface area contributed by atoms with Gasteiger partial charge in [-0.25, -0.2) is 13.1 Å². The number of hydrogen-bond acceptors (Lipinski definition) is 4. The number of nitrogens with two attached hydrogens (primary N) is 1. The standard InChI is InChI=1S/C11H15Cl2N3O3S/c1-20(18,19)16-4-2-3-15-11(17)8-5-7(14)6-9(12)10(8)13/h5-6,16H,2-4,14H2,1H3,(H,15,17). The lowest BCUT2D eigenvalue weighted by Crippen LogP contribution is -2.29. The second-order valence-corrected chi connectivity index (χ2v) is 6.76. The second-order valence-electron chi connectivity index (χ2n) is 4.14. The van der Waals surface area contributed by atoms with Gasteiger partial charge in [-0.3, -0.25) is 4.79 Å². The largest absolute Gasteiger partial charge is 0.399 e. The van der Waals surface area contributed by atoms with Crippen molar-refractivity contribution in [1.82, 2.24) is 10.0 Å². The van der Waals surface area contributed by atoms with Gasteiger partial charge >= 0.3 is 0 Å². The van der Waals surface area contributed by atoms with Gasteiger partial charge in [0.05, 0.1) is 21.9 Å². The van der Waals surface area contributed by atoms with E-state index in [1.807, 2.05) is 0 Å². The van der Waals surface area contributed by atoms with Crippen LogP contribution in [0.15, 0.2) is 12.1 Å². The molecule has 1 rings (SSSR count). The predicted molar refractivity (Wildman–Crippen MR) is 80.7 cm³/mol. The minimum atomic E-state index is -3.21. The number of anilines is 1. The maximum atomic E-state index is 11.9. The van der Waals surface area contributed by atoms with Gasteiger partial charge < -0.3 is 11.1 Å². The zero-order valence-electron chi connectivity index (χ0n) is 10.7. The van der Waals surface area contributed by atoms with Crippen LogP contribution in [-0.4, -0.2) is 33.7 Å². The molecular weight excluding hydrogens is 325 g/mol. The molecule has 0 aliphatic carbocycles. The van der Waals surface area contributed by atoms with E-state index in [4.69, 9.17) is 28.9 Å². The number of nitrogens with one attached hydrogen (secondary N) is 2. The first kappa shape index (κ1) is 17.0. The lowest BCUT2D eigenvalue weighted by Gasteiger charge is -2.09. The first-order chi connectivity index (χ1) is 9.20. The number of sulfonamides is 1. The van der Waals surface area contributed by atoms with Crippen molar-refractivity contribution >= 4 is 44.8 Å². The van der Waals surface area contributed by atoms with Crippen LogP contribution in [-0.2, 0) is 10.0 Å². The van der Waals surface area contributed by atoms with E-state index in [1.54, 1.807) is 0 Å². The average Bonchev–Trinajstić information content (AvgIpc) is 2.31. The second kappa shape index (κ2) is 7.12. The molecule has 6 nitrogen and oxygen atoms in total. The smallest absolute Gasteiger partial charge is 0.252 e. The summed E-state index contributed by atoms with van der Waals surface area (Å²) < 4.78 is 24.0. The number of benzene rings is 1. The van der Waals surface area contributed by atoms with E-state index in [-0.39, 0.29) is 22.2 Å². The molecule has 20 heavy (non-hydrogen) atoms. The zero-order valence-corrected chi connectivity index (χ0v) is 13.1. The fraction of sp³-hybridized carbons (Fsp3) is 0.364. The first-order valence-corrected chi connectivity index (χ1v) is 8.33. The molecule has 0 aliphatic rings. The molecule has 0 saturated heterocycles. The molecule has 0 saturated carbocycles. The van der Waals surface area contributed by atoms with Crippen molar-refractivity contribution in [2.24, 2.45) is 0 Å². The van der Waals surface area contributed by atoms with Gasteiger partial charge in [0.25, 0.3) is 5.91 Å². The number of carbonyl (C=O) groups is 1. The van der Waals surface area contributed by atoms with Gasteiger partial charge in [-0.2, -0.15) is 0 Å². The maximum Gasteiger partial charge on any atom is 0.252 e. The molecule has 9 heteroatoms. The Balaban J connectivity index is 2.52. The Morgan fingerprint density at radius 2 is 1.95 bits per heavy atom. The van der Waals surface area contributed by atoms with E-state index in [9.17, 15) is 13.2 Å². The molecule has 1 amide bonds. The summed E-state index contributed by atoms with van der Waals surface area (Å²) in [5.74, 6) is -0.413. The van der Waals surface area contributed by atoms with E-state index < -0.39 is 15.9 Å². The molecule has 0 spiro atoms. The molecule has 112 valence electrons.